The van der Waals surface area contributed by atoms with Gasteiger partial charge in [0.15, 0.2) is 0 Å². The molecule has 35 heavy (non-hydrogen) atoms. The number of aryl methyl sites for hydroxylation is 1. The van der Waals surface area contributed by atoms with Crippen molar-refractivity contribution in [1.29, 1.82) is 0 Å². The van der Waals surface area contributed by atoms with Gasteiger partial charge in [0.05, 0.1) is 5.69 Å². The van der Waals surface area contributed by atoms with Gasteiger partial charge in [-0.25, -0.2) is 0 Å². The first-order chi connectivity index (χ1) is 17.1. The molecule has 1 atom stereocenters. The Bertz CT molecular complexity index is 1270. The minimum atomic E-state index is -0.0972. The standard InChI is InChI=1S/C20H19NO2S.C10H11N/c1-15-12-18(23-14-17-10-6-3-7-11-17)19(24-15)20(22)21-13-16-8-4-2-5-9-16;1-8-6-9-4-2-3-5-10(9)11-7-8/h2-12H,13-14H2,1H3,(H,21,22);2-5,7-8H,6H2,1H3. The summed E-state index contributed by atoms with van der Waals surface area (Å²) in [5, 5.41) is 2.96. The summed E-state index contributed by atoms with van der Waals surface area (Å²) in [6, 6.07) is 30.1. The first kappa shape index (κ1) is 24.4. The quantitative estimate of drug-likeness (QED) is 0.317. The average molecular weight is 483 g/mol. The summed E-state index contributed by atoms with van der Waals surface area (Å²) in [6.45, 7) is 5.14. The summed E-state index contributed by atoms with van der Waals surface area (Å²) in [5.74, 6) is 1.15. The summed E-state index contributed by atoms with van der Waals surface area (Å²) >= 11 is 1.46. The second-order valence-corrected chi connectivity index (χ2v) is 9.84. The maximum Gasteiger partial charge on any atom is 0.265 e. The number of hydrogen-bond donors (Lipinski definition) is 1. The van der Waals surface area contributed by atoms with Crippen molar-refractivity contribution >= 4 is 29.1 Å². The largest absolute Gasteiger partial charge is 0.487 e. The molecular formula is C30H30N2O2S. The van der Waals surface area contributed by atoms with Crippen molar-refractivity contribution < 1.29 is 9.53 Å². The van der Waals surface area contributed by atoms with Crippen LogP contribution in [0.2, 0.25) is 0 Å². The van der Waals surface area contributed by atoms with Gasteiger partial charge in [-0.3, -0.25) is 9.79 Å². The van der Waals surface area contributed by atoms with Crippen LogP contribution < -0.4 is 10.1 Å². The van der Waals surface area contributed by atoms with Gasteiger partial charge in [-0.1, -0.05) is 85.8 Å². The SMILES string of the molecule is CC1C=Nc2ccccc2C1.Cc1cc(OCc2ccccc2)c(C(=O)NCc2ccccc2)s1. The van der Waals surface area contributed by atoms with Crippen molar-refractivity contribution in [3.05, 3.63) is 117 Å². The molecule has 5 heteroatoms. The fourth-order valence-corrected chi connectivity index (χ4v) is 4.64. The Morgan fingerprint density at radius 2 is 1.63 bits per heavy atom. The van der Waals surface area contributed by atoms with E-state index in [2.05, 4.69) is 35.4 Å². The van der Waals surface area contributed by atoms with E-state index in [1.165, 1.54) is 16.9 Å². The number of fused-ring (bicyclic) bond motifs is 1. The van der Waals surface area contributed by atoms with E-state index in [4.69, 9.17) is 4.74 Å². The first-order valence-corrected chi connectivity index (χ1v) is 12.6. The number of thiophene rings is 1. The van der Waals surface area contributed by atoms with E-state index in [1.54, 1.807) is 0 Å². The van der Waals surface area contributed by atoms with E-state index < -0.39 is 0 Å². The van der Waals surface area contributed by atoms with Crippen LogP contribution in [0.5, 0.6) is 5.75 Å². The molecule has 0 bridgehead atoms. The van der Waals surface area contributed by atoms with E-state index in [9.17, 15) is 4.79 Å². The molecule has 4 nitrogen and oxygen atoms in total. The molecular weight excluding hydrogens is 452 g/mol. The summed E-state index contributed by atoms with van der Waals surface area (Å²) < 4.78 is 5.87. The van der Waals surface area contributed by atoms with E-state index in [-0.39, 0.29) is 5.91 Å². The van der Waals surface area contributed by atoms with Crippen LogP contribution in [0.3, 0.4) is 0 Å². The van der Waals surface area contributed by atoms with Crippen molar-refractivity contribution in [2.45, 2.75) is 33.4 Å². The molecule has 0 spiro atoms. The third-order valence-corrected chi connectivity index (χ3v) is 6.59. The van der Waals surface area contributed by atoms with E-state index >= 15 is 0 Å². The Labute approximate surface area is 211 Å². The molecule has 0 radical (unpaired) electrons. The number of hydrogen-bond acceptors (Lipinski definition) is 4. The number of amides is 1. The van der Waals surface area contributed by atoms with Gasteiger partial charge >= 0.3 is 0 Å². The second-order valence-electron chi connectivity index (χ2n) is 8.58. The summed E-state index contributed by atoms with van der Waals surface area (Å²) in [6.07, 6.45) is 3.17. The number of carbonyl (C=O) groups is 1. The van der Waals surface area contributed by atoms with E-state index in [0.29, 0.717) is 29.7 Å². The summed E-state index contributed by atoms with van der Waals surface area (Å²) in [5.41, 5.74) is 4.68. The number of nitrogens with one attached hydrogen (secondary N) is 1. The molecule has 1 N–H and O–H groups in total. The lowest BCUT2D eigenvalue weighted by Gasteiger charge is -2.13. The van der Waals surface area contributed by atoms with Gasteiger partial charge in [0.25, 0.3) is 5.91 Å². The van der Waals surface area contributed by atoms with Gasteiger partial charge in [0, 0.05) is 17.6 Å². The first-order valence-electron chi connectivity index (χ1n) is 11.8. The van der Waals surface area contributed by atoms with Crippen LogP contribution in [0.1, 0.15) is 38.2 Å². The normalized spacial score (nSPS) is 13.8. The highest BCUT2D eigenvalue weighted by atomic mass is 32.1. The number of carbonyl (C=O) groups excluding carboxylic acids is 1. The fourth-order valence-electron chi connectivity index (χ4n) is 3.77. The maximum atomic E-state index is 12.5. The van der Waals surface area contributed by atoms with Crippen molar-refractivity contribution in [3.63, 3.8) is 0 Å². The predicted octanol–water partition coefficient (Wildman–Crippen LogP) is 7.15. The van der Waals surface area contributed by atoms with Crippen molar-refractivity contribution in [2.75, 3.05) is 0 Å². The van der Waals surface area contributed by atoms with Crippen molar-refractivity contribution in [2.24, 2.45) is 10.9 Å². The number of aliphatic imine (C=N–C) groups is 1. The topological polar surface area (TPSA) is 50.7 Å². The Hall–Kier alpha value is -3.70. The number of nitrogens with zero attached hydrogens (tertiary/aromatic N) is 1. The monoisotopic (exact) mass is 482 g/mol. The second kappa shape index (κ2) is 12.1. The smallest absolute Gasteiger partial charge is 0.265 e. The molecule has 1 aromatic heterocycles. The Morgan fingerprint density at radius 1 is 0.971 bits per heavy atom. The number of para-hydroxylation sites is 1. The van der Waals surface area contributed by atoms with Gasteiger partial charge in [-0.05, 0) is 48.1 Å². The molecule has 0 fully saturated rings. The molecule has 178 valence electrons. The highest BCUT2D eigenvalue weighted by molar-refractivity contribution is 7.14. The van der Waals surface area contributed by atoms with E-state index in [1.807, 2.05) is 85.9 Å². The molecule has 1 aliphatic rings. The molecule has 1 amide bonds. The average Bonchev–Trinajstić information content (AvgIpc) is 3.28. The number of ether oxygens (including phenoxy) is 1. The van der Waals surface area contributed by atoms with Crippen LogP contribution in [-0.4, -0.2) is 12.1 Å². The maximum absolute atomic E-state index is 12.5. The van der Waals surface area contributed by atoms with Gasteiger partial charge in [-0.15, -0.1) is 11.3 Å². The molecule has 0 aliphatic carbocycles. The zero-order chi connectivity index (χ0) is 24.5. The zero-order valence-electron chi connectivity index (χ0n) is 20.1. The van der Waals surface area contributed by atoms with Gasteiger partial charge in [-0.2, -0.15) is 0 Å². The van der Waals surface area contributed by atoms with Crippen molar-refractivity contribution in [1.82, 2.24) is 5.32 Å². The number of rotatable bonds is 6. The lowest BCUT2D eigenvalue weighted by molar-refractivity contribution is 0.0951. The van der Waals surface area contributed by atoms with Crippen LogP contribution in [0.4, 0.5) is 5.69 Å². The molecule has 0 saturated carbocycles. The summed E-state index contributed by atoms with van der Waals surface area (Å²) in [4.78, 5) is 18.5. The Kier molecular flexibility index (Phi) is 8.47. The fraction of sp³-hybridized carbons (Fsp3) is 0.200. The highest BCUT2D eigenvalue weighted by Gasteiger charge is 2.16. The van der Waals surface area contributed by atoms with Crippen LogP contribution >= 0.6 is 11.3 Å². The molecule has 0 saturated heterocycles. The van der Waals surface area contributed by atoms with Crippen molar-refractivity contribution in [3.8, 4) is 5.75 Å². The molecule has 1 aliphatic heterocycles. The Balaban J connectivity index is 0.000000218. The van der Waals surface area contributed by atoms with Gasteiger partial charge in [0.1, 0.15) is 17.2 Å². The van der Waals surface area contributed by atoms with Crippen LogP contribution in [0, 0.1) is 12.8 Å². The zero-order valence-corrected chi connectivity index (χ0v) is 20.9. The summed E-state index contributed by atoms with van der Waals surface area (Å²) in [7, 11) is 0. The number of benzene rings is 3. The molecule has 1 unspecified atom stereocenters. The molecule has 2 heterocycles. The molecule has 4 aromatic rings. The minimum Gasteiger partial charge on any atom is -0.487 e. The van der Waals surface area contributed by atoms with E-state index in [0.717, 1.165) is 28.1 Å². The molecule has 5 rings (SSSR count). The predicted molar refractivity (Wildman–Crippen MR) is 145 cm³/mol. The lowest BCUT2D eigenvalue weighted by atomic mass is 9.98. The van der Waals surface area contributed by atoms with Crippen LogP contribution in [-0.2, 0) is 19.6 Å². The third kappa shape index (κ3) is 7.14. The van der Waals surface area contributed by atoms with Crippen LogP contribution in [0.15, 0.2) is 96.0 Å². The Morgan fingerprint density at radius 3 is 2.37 bits per heavy atom. The third-order valence-electron chi connectivity index (χ3n) is 5.56. The highest BCUT2D eigenvalue weighted by Crippen LogP contribution is 2.29. The van der Waals surface area contributed by atoms with Crippen LogP contribution in [0.25, 0.3) is 0 Å². The minimum absolute atomic E-state index is 0.0972. The van der Waals surface area contributed by atoms with Gasteiger partial charge in [0.2, 0.25) is 0 Å². The van der Waals surface area contributed by atoms with Gasteiger partial charge < -0.3 is 10.1 Å². The molecule has 3 aromatic carbocycles. The lowest BCUT2D eigenvalue weighted by Crippen LogP contribution is -2.22.